The monoisotopic (exact) mass is 417 g/mol. The van der Waals surface area contributed by atoms with Gasteiger partial charge in [0.05, 0.1) is 23.2 Å². The van der Waals surface area contributed by atoms with Gasteiger partial charge in [-0.3, -0.25) is 4.79 Å². The minimum atomic E-state index is -4.59. The molecule has 150 valence electrons. The van der Waals surface area contributed by atoms with Gasteiger partial charge in [0.25, 0.3) is 5.91 Å². The summed E-state index contributed by atoms with van der Waals surface area (Å²) in [6.45, 7) is -0.641. The predicted molar refractivity (Wildman–Crippen MR) is 93.4 cm³/mol. The third-order valence-corrected chi connectivity index (χ3v) is 5.36. The lowest BCUT2D eigenvalue weighted by molar-refractivity contribution is -0.137. The number of hydrogen-bond acceptors (Lipinski definition) is 4. The third-order valence-electron chi connectivity index (χ3n) is 3.55. The van der Waals surface area contributed by atoms with Gasteiger partial charge in [0.15, 0.2) is 0 Å². The molecule has 0 saturated heterocycles. The van der Waals surface area contributed by atoms with Crippen LogP contribution in [0.25, 0.3) is 0 Å². The summed E-state index contributed by atoms with van der Waals surface area (Å²) in [6, 6.07) is 8.65. The summed E-state index contributed by atoms with van der Waals surface area (Å²) in [4.78, 5) is 11.6. The average molecular weight is 417 g/mol. The number of likely N-dealkylation sites (N-methyl/N-ethyl adjacent to an activating group) is 1. The van der Waals surface area contributed by atoms with Crippen molar-refractivity contribution in [3.05, 3.63) is 65.5 Å². The van der Waals surface area contributed by atoms with Crippen LogP contribution in [0.3, 0.4) is 0 Å². The number of hydrazone groups is 1. The Morgan fingerprint density at radius 3 is 2.36 bits per heavy atom. The van der Waals surface area contributed by atoms with Gasteiger partial charge in [-0.05, 0) is 30.3 Å². The van der Waals surface area contributed by atoms with Gasteiger partial charge in [0.1, 0.15) is 5.82 Å². The van der Waals surface area contributed by atoms with E-state index < -0.39 is 40.0 Å². The number of sulfonamides is 1. The van der Waals surface area contributed by atoms with Gasteiger partial charge in [-0.15, -0.1) is 0 Å². The molecule has 2 aromatic carbocycles. The summed E-state index contributed by atoms with van der Waals surface area (Å²) in [6.07, 6.45) is -3.77. The lowest BCUT2D eigenvalue weighted by Crippen LogP contribution is -2.36. The molecule has 0 heterocycles. The number of nitrogens with zero attached hydrogens (tertiary/aromatic N) is 2. The van der Waals surface area contributed by atoms with E-state index in [0.717, 1.165) is 43.6 Å². The van der Waals surface area contributed by atoms with Crippen molar-refractivity contribution in [1.82, 2.24) is 9.73 Å². The first-order chi connectivity index (χ1) is 13.0. The van der Waals surface area contributed by atoms with Crippen LogP contribution in [0, 0.1) is 5.82 Å². The third kappa shape index (κ3) is 5.36. The Morgan fingerprint density at radius 2 is 1.75 bits per heavy atom. The molecule has 1 amide bonds. The molecule has 0 aliphatic heterocycles. The largest absolute Gasteiger partial charge is 0.417 e. The average Bonchev–Trinajstić information content (AvgIpc) is 2.61. The Hall–Kier alpha value is -2.79. The topological polar surface area (TPSA) is 78.8 Å². The molecule has 0 spiro atoms. The summed E-state index contributed by atoms with van der Waals surface area (Å²) in [5.74, 6) is -1.48. The molecule has 0 radical (unpaired) electrons. The Bertz CT molecular complexity index is 974. The van der Waals surface area contributed by atoms with Gasteiger partial charge in [-0.2, -0.15) is 22.6 Å². The van der Waals surface area contributed by atoms with E-state index >= 15 is 0 Å². The number of nitrogens with one attached hydrogen (secondary N) is 1. The Balaban J connectivity index is 2.03. The molecule has 0 bridgehead atoms. The lowest BCUT2D eigenvalue weighted by atomic mass is 10.1. The van der Waals surface area contributed by atoms with Crippen molar-refractivity contribution in [2.24, 2.45) is 5.10 Å². The number of hydrogen-bond donors (Lipinski definition) is 1. The Labute approximate surface area is 158 Å². The number of rotatable bonds is 6. The van der Waals surface area contributed by atoms with Crippen molar-refractivity contribution < 1.29 is 30.8 Å². The fourth-order valence-electron chi connectivity index (χ4n) is 2.15. The van der Waals surface area contributed by atoms with E-state index in [4.69, 9.17) is 0 Å². The van der Waals surface area contributed by atoms with Crippen molar-refractivity contribution in [3.63, 3.8) is 0 Å². The Morgan fingerprint density at radius 1 is 1.14 bits per heavy atom. The second-order valence-corrected chi connectivity index (χ2v) is 7.64. The smallest absolute Gasteiger partial charge is 0.272 e. The highest BCUT2D eigenvalue weighted by molar-refractivity contribution is 7.89. The zero-order valence-electron chi connectivity index (χ0n) is 14.4. The molecule has 0 fully saturated rings. The first kappa shape index (κ1) is 21.5. The highest BCUT2D eigenvalue weighted by Crippen LogP contribution is 2.31. The fourth-order valence-corrected chi connectivity index (χ4v) is 3.28. The maximum absolute atomic E-state index is 12.9. The van der Waals surface area contributed by atoms with Crippen molar-refractivity contribution >= 4 is 22.1 Å². The second-order valence-electron chi connectivity index (χ2n) is 5.59. The van der Waals surface area contributed by atoms with E-state index in [9.17, 15) is 30.8 Å². The summed E-state index contributed by atoms with van der Waals surface area (Å²) in [7, 11) is -2.92. The maximum atomic E-state index is 12.9. The van der Waals surface area contributed by atoms with E-state index in [2.05, 4.69) is 5.10 Å². The van der Waals surface area contributed by atoms with Gasteiger partial charge in [-0.25, -0.2) is 18.2 Å². The summed E-state index contributed by atoms with van der Waals surface area (Å²) < 4.78 is 76.8. The Kier molecular flexibility index (Phi) is 6.52. The number of carbonyl (C=O) groups is 1. The standard InChI is InChI=1S/C17H15F4N3O3S/c1-24(28(26,27)14-8-6-13(18)7-9-14)11-16(25)23-22-10-12-4-2-3-5-15(12)17(19,20)21/h2-10H,11H2,1H3,(H,23,25)/b22-10-. The predicted octanol–water partition coefficient (Wildman–Crippen LogP) is 2.62. The van der Waals surface area contributed by atoms with Crippen molar-refractivity contribution in [2.75, 3.05) is 13.6 Å². The molecule has 0 saturated carbocycles. The lowest BCUT2D eigenvalue weighted by Gasteiger charge is -2.16. The van der Waals surface area contributed by atoms with Crippen LogP contribution in [0.1, 0.15) is 11.1 Å². The van der Waals surface area contributed by atoms with Crippen LogP contribution in [0.2, 0.25) is 0 Å². The number of alkyl halides is 3. The van der Waals surface area contributed by atoms with Crippen LogP contribution in [-0.2, 0) is 21.0 Å². The van der Waals surface area contributed by atoms with E-state index in [1.807, 2.05) is 5.43 Å². The van der Waals surface area contributed by atoms with E-state index in [1.54, 1.807) is 0 Å². The maximum Gasteiger partial charge on any atom is 0.417 e. The normalized spacial score (nSPS) is 12.5. The minimum absolute atomic E-state index is 0.216. The van der Waals surface area contributed by atoms with Crippen LogP contribution in [0.5, 0.6) is 0 Å². The van der Waals surface area contributed by atoms with Gasteiger partial charge in [0, 0.05) is 12.6 Å². The number of carbonyl (C=O) groups excluding carboxylic acids is 1. The zero-order chi connectivity index (χ0) is 20.9. The molecule has 2 aromatic rings. The number of benzene rings is 2. The van der Waals surface area contributed by atoms with Crippen LogP contribution < -0.4 is 5.43 Å². The molecule has 0 unspecified atom stereocenters. The van der Waals surface area contributed by atoms with Gasteiger partial charge < -0.3 is 0 Å². The SMILES string of the molecule is CN(CC(=O)N/N=C\c1ccccc1C(F)(F)F)S(=O)(=O)c1ccc(F)cc1. The minimum Gasteiger partial charge on any atom is -0.272 e. The first-order valence-corrected chi connectivity index (χ1v) is 9.16. The number of amides is 1. The van der Waals surface area contributed by atoms with Crippen LogP contribution in [-0.4, -0.2) is 38.4 Å². The van der Waals surface area contributed by atoms with Crippen molar-refractivity contribution in [1.29, 1.82) is 0 Å². The van der Waals surface area contributed by atoms with Gasteiger partial charge in [0.2, 0.25) is 10.0 Å². The van der Waals surface area contributed by atoms with Gasteiger partial charge in [-0.1, -0.05) is 18.2 Å². The number of halogens is 4. The quantitative estimate of drug-likeness (QED) is 0.446. The van der Waals surface area contributed by atoms with Crippen molar-refractivity contribution in [3.8, 4) is 0 Å². The fraction of sp³-hybridized carbons (Fsp3) is 0.176. The van der Waals surface area contributed by atoms with E-state index in [0.29, 0.717) is 4.31 Å². The summed E-state index contributed by atoms with van der Waals surface area (Å²) in [5, 5.41) is 3.44. The molecule has 0 aliphatic rings. The molecule has 1 N–H and O–H groups in total. The van der Waals surface area contributed by atoms with E-state index in [1.165, 1.54) is 18.2 Å². The van der Waals surface area contributed by atoms with Gasteiger partial charge >= 0.3 is 6.18 Å². The second kappa shape index (κ2) is 8.48. The van der Waals surface area contributed by atoms with Crippen LogP contribution in [0.4, 0.5) is 17.6 Å². The van der Waals surface area contributed by atoms with E-state index in [-0.39, 0.29) is 10.5 Å². The molecule has 0 atom stereocenters. The first-order valence-electron chi connectivity index (χ1n) is 7.72. The van der Waals surface area contributed by atoms with Crippen LogP contribution >= 0.6 is 0 Å². The molecule has 28 heavy (non-hydrogen) atoms. The summed E-state index contributed by atoms with van der Waals surface area (Å²) in [5.41, 5.74) is 0.782. The molecule has 0 aliphatic carbocycles. The van der Waals surface area contributed by atoms with Crippen molar-refractivity contribution in [2.45, 2.75) is 11.1 Å². The zero-order valence-corrected chi connectivity index (χ0v) is 15.3. The molecule has 6 nitrogen and oxygen atoms in total. The van der Waals surface area contributed by atoms with Crippen LogP contribution in [0.15, 0.2) is 58.5 Å². The molecule has 2 rings (SSSR count). The highest BCUT2D eigenvalue weighted by atomic mass is 32.2. The molecule has 11 heteroatoms. The highest BCUT2D eigenvalue weighted by Gasteiger charge is 2.32. The molecular formula is C17H15F4N3O3S. The summed E-state index contributed by atoms with van der Waals surface area (Å²) >= 11 is 0. The molecular weight excluding hydrogens is 402 g/mol. The molecule has 0 aromatic heterocycles.